The van der Waals surface area contributed by atoms with Crippen LogP contribution in [-0.4, -0.2) is 40.2 Å². The first-order valence-corrected chi connectivity index (χ1v) is 13.5. The zero-order valence-electron chi connectivity index (χ0n) is 24.1. The van der Waals surface area contributed by atoms with Crippen molar-refractivity contribution in [3.63, 3.8) is 0 Å². The molecule has 0 aromatic heterocycles. The van der Waals surface area contributed by atoms with Gasteiger partial charge in [-0.15, -0.1) is 0 Å². The normalized spacial score (nSPS) is 13.5. The first-order chi connectivity index (χ1) is 19.6. The van der Waals surface area contributed by atoms with E-state index in [9.17, 15) is 15.3 Å². The van der Waals surface area contributed by atoms with Crippen molar-refractivity contribution in [2.24, 2.45) is 15.5 Å². The average Bonchev–Trinajstić information content (AvgIpc) is 2.94. The Balaban J connectivity index is 2.76. The van der Waals surface area contributed by atoms with Crippen molar-refractivity contribution in [3.05, 3.63) is 78.6 Å². The summed E-state index contributed by atoms with van der Waals surface area (Å²) in [5.74, 6) is -0.444. The lowest BCUT2D eigenvalue weighted by Crippen LogP contribution is -2.32. The molecule has 0 fully saturated rings. The van der Waals surface area contributed by atoms with Gasteiger partial charge in [0.05, 0.1) is 25.2 Å². The Hall–Kier alpha value is -4.31. The molecule has 0 saturated carbocycles. The summed E-state index contributed by atoms with van der Waals surface area (Å²) in [4.78, 5) is 5.44. The molecule has 0 radical (unpaired) electrons. The van der Waals surface area contributed by atoms with Crippen LogP contribution in [0, 0.1) is 10.9 Å². The highest BCUT2D eigenvalue weighted by atomic mass is 16.3. The van der Waals surface area contributed by atoms with E-state index in [2.05, 4.69) is 55.9 Å². The van der Waals surface area contributed by atoms with Crippen LogP contribution in [0.4, 0.5) is 0 Å². The molecule has 0 aliphatic heterocycles. The van der Waals surface area contributed by atoms with Crippen molar-refractivity contribution in [2.75, 3.05) is 13.1 Å². The minimum atomic E-state index is -1.33. The van der Waals surface area contributed by atoms with Gasteiger partial charge < -0.3 is 20.7 Å². The number of allylic oxidation sites excluding steroid dienone is 5. The van der Waals surface area contributed by atoms with Crippen LogP contribution in [0.3, 0.4) is 0 Å². The van der Waals surface area contributed by atoms with E-state index in [0.717, 1.165) is 37.5 Å². The summed E-state index contributed by atoms with van der Waals surface area (Å²) in [6.07, 6.45) is 12.3. The maximum atomic E-state index is 11.2. The first-order valence-electron chi connectivity index (χ1n) is 13.5. The number of nitrogens with one attached hydrogen (secondary N) is 3. The lowest BCUT2D eigenvalue weighted by atomic mass is 9.88. The molecule has 0 aliphatic carbocycles. The Kier molecular flexibility index (Phi) is 16.0. The van der Waals surface area contributed by atoms with Crippen LogP contribution in [0.2, 0.25) is 0 Å². The summed E-state index contributed by atoms with van der Waals surface area (Å²) >= 11 is 0. The van der Waals surface area contributed by atoms with Gasteiger partial charge in [0.25, 0.3) is 0 Å². The summed E-state index contributed by atoms with van der Waals surface area (Å²) in [5.41, 5.74) is 29.6. The fourth-order valence-electron chi connectivity index (χ4n) is 4.32. The molecule has 0 bridgehead atoms. The van der Waals surface area contributed by atoms with E-state index >= 15 is 0 Å². The monoisotopic (exact) mass is 566 g/mol. The van der Waals surface area contributed by atoms with Gasteiger partial charge in [0.2, 0.25) is 0 Å². The van der Waals surface area contributed by atoms with Crippen LogP contribution in [0.5, 0.6) is 11.5 Å². The molecule has 0 spiro atoms. The van der Waals surface area contributed by atoms with E-state index in [-0.39, 0.29) is 48.6 Å². The van der Waals surface area contributed by atoms with Crippen LogP contribution in [0.25, 0.3) is 20.9 Å². The number of phenols is 2. The summed E-state index contributed by atoms with van der Waals surface area (Å²) in [6.45, 7) is 6.39. The molecular weight excluding hydrogens is 524 g/mol. The Morgan fingerprint density at radius 2 is 1.59 bits per heavy atom. The molecule has 1 atom stereocenters. The number of hydrogen-bond acceptors (Lipinski definition) is 8. The summed E-state index contributed by atoms with van der Waals surface area (Å²) in [7, 11) is 0. The Bertz CT molecular complexity index is 1230. The van der Waals surface area contributed by atoms with Crippen molar-refractivity contribution in [1.82, 2.24) is 5.43 Å². The number of rotatable bonds is 20. The van der Waals surface area contributed by atoms with Gasteiger partial charge >= 0.3 is 0 Å². The fraction of sp³-hybridized carbons (Fsp3) is 0.536. The number of hydrogen-bond donors (Lipinski definition) is 6. The minimum Gasteiger partial charge on any atom is -0.508 e. The summed E-state index contributed by atoms with van der Waals surface area (Å²) < 4.78 is 0. The predicted octanol–water partition coefficient (Wildman–Crippen LogP) is 7.59. The van der Waals surface area contributed by atoms with E-state index in [0.29, 0.717) is 24.9 Å². The number of aliphatic hydroxyl groups is 1. The van der Waals surface area contributed by atoms with E-state index in [1.165, 1.54) is 17.2 Å². The van der Waals surface area contributed by atoms with Gasteiger partial charge in [0.1, 0.15) is 11.5 Å². The highest BCUT2D eigenvalue weighted by Crippen LogP contribution is 2.35. The third-order valence-corrected chi connectivity index (χ3v) is 6.83. The predicted molar refractivity (Wildman–Crippen MR) is 160 cm³/mol. The second kappa shape index (κ2) is 18.9. The van der Waals surface area contributed by atoms with Gasteiger partial charge in [-0.2, -0.15) is 5.53 Å². The zero-order chi connectivity index (χ0) is 30.7. The lowest BCUT2D eigenvalue weighted by molar-refractivity contribution is 0.0328. The van der Waals surface area contributed by atoms with Crippen molar-refractivity contribution in [1.29, 1.82) is 10.9 Å². The molecule has 41 heavy (non-hydrogen) atoms. The maximum absolute atomic E-state index is 11.2. The second-order valence-electron chi connectivity index (χ2n) is 10.2. The van der Waals surface area contributed by atoms with Gasteiger partial charge in [-0.05, 0) is 94.8 Å². The molecular formula is C28H42N10O3. The summed E-state index contributed by atoms with van der Waals surface area (Å²) in [5, 5.41) is 50.0. The smallest absolute Gasteiger partial charge is 0.128 e. The van der Waals surface area contributed by atoms with Crippen LogP contribution < -0.4 is 5.43 Å². The van der Waals surface area contributed by atoms with Crippen LogP contribution in [0.1, 0.15) is 82.4 Å². The minimum absolute atomic E-state index is 0.0503. The molecule has 0 aliphatic rings. The SMILES string of the molecule is C/C(=C\CC/C(C)=C/CCC(O)(CCc1cc(O)c(CN=[N+]=[N-])c(C=N)c1O)CN=[N+]=[N-])CC/C=C(\C)CNN=N. The van der Waals surface area contributed by atoms with E-state index < -0.39 is 5.60 Å². The van der Waals surface area contributed by atoms with Gasteiger partial charge in [-0.25, -0.2) is 0 Å². The third-order valence-electron chi connectivity index (χ3n) is 6.83. The van der Waals surface area contributed by atoms with Crippen LogP contribution in [-0.2, 0) is 13.0 Å². The largest absolute Gasteiger partial charge is 0.508 e. The molecule has 1 aromatic carbocycles. The van der Waals surface area contributed by atoms with Gasteiger partial charge in [-0.1, -0.05) is 50.4 Å². The molecule has 1 unspecified atom stereocenters. The van der Waals surface area contributed by atoms with Crippen LogP contribution in [0.15, 0.2) is 56.5 Å². The average molecular weight is 567 g/mol. The van der Waals surface area contributed by atoms with Gasteiger partial charge in [0.15, 0.2) is 0 Å². The highest BCUT2D eigenvalue weighted by Gasteiger charge is 2.26. The number of benzene rings is 1. The van der Waals surface area contributed by atoms with Gasteiger partial charge in [-0.3, -0.25) is 5.43 Å². The Morgan fingerprint density at radius 3 is 2.17 bits per heavy atom. The number of azide groups is 2. The molecule has 13 nitrogen and oxygen atoms in total. The number of phenolic OH excluding ortho intramolecular Hbond substituents is 2. The number of aryl methyl sites for hydroxylation is 1. The lowest BCUT2D eigenvalue weighted by Gasteiger charge is -2.26. The maximum Gasteiger partial charge on any atom is 0.128 e. The molecule has 222 valence electrons. The highest BCUT2D eigenvalue weighted by molar-refractivity contribution is 5.85. The van der Waals surface area contributed by atoms with Gasteiger partial charge in [0, 0.05) is 27.2 Å². The van der Waals surface area contributed by atoms with E-state index in [1.807, 2.05) is 13.8 Å². The standard InChI is InChI=1S/C28H42N10O3/c1-20(9-5-10-22(3)17-33-36-30)7-4-8-21(2)11-6-13-28(41,19-35-38-32)14-12-23-15-26(39)25(18-34-37-31)24(16-29)27(23)40/h7,10-11,15-16,29,39-41H,4-6,8-9,12-14,17-19H2,1-3H3,(H2,30,33)/b20-7+,21-11+,22-10+,29-16?. The third kappa shape index (κ3) is 13.1. The molecule has 0 saturated heterocycles. The quantitative estimate of drug-likeness (QED) is 0.0178. The van der Waals surface area contributed by atoms with E-state index in [1.54, 1.807) is 0 Å². The van der Waals surface area contributed by atoms with Crippen molar-refractivity contribution >= 4 is 6.21 Å². The number of aromatic hydroxyl groups is 2. The molecule has 1 rings (SSSR count). The summed E-state index contributed by atoms with van der Waals surface area (Å²) in [6, 6.07) is 1.34. The Morgan fingerprint density at radius 1 is 0.976 bits per heavy atom. The molecule has 13 heteroatoms. The fourth-order valence-corrected chi connectivity index (χ4v) is 4.32. The molecule has 0 amide bonds. The molecule has 0 heterocycles. The van der Waals surface area contributed by atoms with Crippen LogP contribution >= 0.6 is 0 Å². The zero-order valence-corrected chi connectivity index (χ0v) is 24.1. The first kappa shape index (κ1) is 34.7. The van der Waals surface area contributed by atoms with E-state index in [4.69, 9.17) is 22.0 Å². The van der Waals surface area contributed by atoms with Crippen molar-refractivity contribution in [2.45, 2.75) is 84.3 Å². The molecule has 1 aromatic rings. The van der Waals surface area contributed by atoms with Crippen molar-refractivity contribution in [3.8, 4) is 11.5 Å². The second-order valence-corrected chi connectivity index (χ2v) is 10.2. The topological polar surface area (TPSA) is 230 Å². The Labute approximate surface area is 240 Å². The molecule has 6 N–H and O–H groups in total. The number of nitrogens with zero attached hydrogens (tertiary/aromatic N) is 7. The van der Waals surface area contributed by atoms with Crippen molar-refractivity contribution < 1.29 is 15.3 Å².